The summed E-state index contributed by atoms with van der Waals surface area (Å²) in [6, 6.07) is 2.11. The fraction of sp³-hybridized carbons (Fsp3) is 0.182. The predicted molar refractivity (Wildman–Crippen MR) is 62.0 cm³/mol. The van der Waals surface area contributed by atoms with Gasteiger partial charge in [-0.3, -0.25) is 9.78 Å². The van der Waals surface area contributed by atoms with Crippen LogP contribution < -0.4 is 10.1 Å². The fourth-order valence-electron chi connectivity index (χ4n) is 1.44. The number of hydrogen-bond acceptors (Lipinski definition) is 4. The summed E-state index contributed by atoms with van der Waals surface area (Å²) < 4.78 is 42.3. The predicted octanol–water partition coefficient (Wildman–Crippen LogP) is 1.81. The van der Waals surface area contributed by atoms with E-state index in [4.69, 9.17) is 0 Å². The normalized spacial score (nSPS) is 10.7. The van der Waals surface area contributed by atoms with Gasteiger partial charge >= 0.3 is 6.61 Å². The van der Waals surface area contributed by atoms with Crippen molar-refractivity contribution in [3.05, 3.63) is 35.9 Å². The molecule has 0 aliphatic rings. The highest BCUT2D eigenvalue weighted by Gasteiger charge is 2.14. The Balaban J connectivity index is 2.12. The van der Waals surface area contributed by atoms with E-state index in [-0.39, 0.29) is 17.3 Å². The summed E-state index contributed by atoms with van der Waals surface area (Å²) in [5, 5.41) is 6.08. The summed E-state index contributed by atoms with van der Waals surface area (Å²) in [5.41, 5.74) is -0.0213. The van der Waals surface area contributed by atoms with Gasteiger partial charge in [-0.25, -0.2) is 9.07 Å². The van der Waals surface area contributed by atoms with Gasteiger partial charge in [-0.05, 0) is 6.07 Å². The third-order valence-electron chi connectivity index (χ3n) is 2.26. The molecule has 0 fully saturated rings. The summed E-state index contributed by atoms with van der Waals surface area (Å²) in [6.45, 7) is -3.00. The number of aryl methyl sites for hydroxylation is 1. The van der Waals surface area contributed by atoms with Crippen LogP contribution in [0.4, 0.5) is 19.0 Å². The topological polar surface area (TPSA) is 69.0 Å². The van der Waals surface area contributed by atoms with Crippen molar-refractivity contribution in [2.24, 2.45) is 7.05 Å². The van der Waals surface area contributed by atoms with Crippen molar-refractivity contribution in [1.29, 1.82) is 0 Å². The third kappa shape index (κ3) is 3.25. The first-order chi connectivity index (χ1) is 9.45. The summed E-state index contributed by atoms with van der Waals surface area (Å²) in [4.78, 5) is 15.3. The van der Waals surface area contributed by atoms with Crippen LogP contribution in [-0.2, 0) is 7.05 Å². The Morgan fingerprint density at radius 1 is 1.40 bits per heavy atom. The molecule has 2 aromatic rings. The molecular formula is C11H9F3N4O2. The maximum absolute atomic E-state index is 12.9. The van der Waals surface area contributed by atoms with E-state index >= 15 is 0 Å². The highest BCUT2D eigenvalue weighted by molar-refractivity contribution is 6.03. The van der Waals surface area contributed by atoms with Gasteiger partial charge in [-0.1, -0.05) is 0 Å². The summed E-state index contributed by atoms with van der Waals surface area (Å²) in [6.07, 6.45) is 2.12. The number of carbonyl (C=O) groups is 1. The SMILES string of the molecule is Cn1nc(NC(=O)c2cncc(F)c2)cc1OC(F)F. The first-order valence-corrected chi connectivity index (χ1v) is 5.36. The number of nitrogens with zero attached hydrogens (tertiary/aromatic N) is 3. The van der Waals surface area contributed by atoms with Gasteiger partial charge in [0.1, 0.15) is 5.82 Å². The van der Waals surface area contributed by atoms with Crippen molar-refractivity contribution in [3.8, 4) is 5.88 Å². The number of anilines is 1. The number of rotatable bonds is 4. The van der Waals surface area contributed by atoms with Crippen molar-refractivity contribution >= 4 is 11.7 Å². The van der Waals surface area contributed by atoms with Crippen molar-refractivity contribution < 1.29 is 22.7 Å². The number of aromatic nitrogens is 3. The maximum atomic E-state index is 12.9. The lowest BCUT2D eigenvalue weighted by Crippen LogP contribution is -2.13. The lowest BCUT2D eigenvalue weighted by atomic mass is 10.2. The molecule has 9 heteroatoms. The van der Waals surface area contributed by atoms with E-state index in [0.29, 0.717) is 0 Å². The van der Waals surface area contributed by atoms with Gasteiger partial charge in [0.15, 0.2) is 5.82 Å². The molecule has 0 aromatic carbocycles. The van der Waals surface area contributed by atoms with Crippen molar-refractivity contribution in [2.75, 3.05) is 5.32 Å². The number of hydrogen-bond donors (Lipinski definition) is 1. The van der Waals surface area contributed by atoms with E-state index in [0.717, 1.165) is 29.2 Å². The smallest absolute Gasteiger partial charge is 0.388 e. The van der Waals surface area contributed by atoms with Gasteiger partial charge in [0.05, 0.1) is 11.8 Å². The largest absolute Gasteiger partial charge is 0.417 e. The number of pyridine rings is 1. The molecule has 1 N–H and O–H groups in total. The van der Waals surface area contributed by atoms with Crippen LogP contribution in [-0.4, -0.2) is 27.3 Å². The monoisotopic (exact) mass is 286 g/mol. The molecule has 0 radical (unpaired) electrons. The number of amides is 1. The van der Waals surface area contributed by atoms with E-state index in [1.165, 1.54) is 7.05 Å². The highest BCUT2D eigenvalue weighted by Crippen LogP contribution is 2.18. The summed E-state index contributed by atoms with van der Waals surface area (Å²) in [5.74, 6) is -1.55. The van der Waals surface area contributed by atoms with Gasteiger partial charge in [0, 0.05) is 19.3 Å². The zero-order chi connectivity index (χ0) is 14.7. The Hall–Kier alpha value is -2.58. The number of carbonyl (C=O) groups excluding carboxylic acids is 1. The van der Waals surface area contributed by atoms with Crippen LogP contribution in [0, 0.1) is 5.82 Å². The second kappa shape index (κ2) is 5.59. The molecule has 106 valence electrons. The average molecular weight is 286 g/mol. The molecule has 0 unspecified atom stereocenters. The molecule has 2 heterocycles. The standard InChI is InChI=1S/C11H9F3N4O2/c1-18-9(20-11(13)14)3-8(17-18)16-10(19)6-2-7(12)5-15-4-6/h2-5,11H,1H3,(H,16,17,19). The fourth-order valence-corrected chi connectivity index (χ4v) is 1.44. The minimum absolute atomic E-state index is 0.00240. The molecule has 0 atom stereocenters. The van der Waals surface area contributed by atoms with Crippen LogP contribution >= 0.6 is 0 Å². The van der Waals surface area contributed by atoms with Gasteiger partial charge < -0.3 is 10.1 Å². The van der Waals surface area contributed by atoms with Gasteiger partial charge in [0.25, 0.3) is 5.91 Å². The van der Waals surface area contributed by atoms with Crippen molar-refractivity contribution in [3.63, 3.8) is 0 Å². The minimum Gasteiger partial charge on any atom is -0.417 e. The van der Waals surface area contributed by atoms with Gasteiger partial charge in [-0.15, -0.1) is 0 Å². The van der Waals surface area contributed by atoms with Crippen molar-refractivity contribution in [1.82, 2.24) is 14.8 Å². The third-order valence-corrected chi connectivity index (χ3v) is 2.26. The van der Waals surface area contributed by atoms with E-state index in [9.17, 15) is 18.0 Å². The lowest BCUT2D eigenvalue weighted by Gasteiger charge is -2.01. The number of ether oxygens (including phenoxy) is 1. The van der Waals surface area contributed by atoms with Crippen LogP contribution in [0.15, 0.2) is 24.5 Å². The minimum atomic E-state index is -3.00. The molecule has 0 saturated carbocycles. The Kier molecular flexibility index (Phi) is 3.87. The number of halogens is 3. The lowest BCUT2D eigenvalue weighted by molar-refractivity contribution is -0.0553. The molecule has 20 heavy (non-hydrogen) atoms. The second-order valence-electron chi connectivity index (χ2n) is 3.72. The molecule has 0 aliphatic carbocycles. The highest BCUT2D eigenvalue weighted by atomic mass is 19.3. The van der Waals surface area contributed by atoms with Crippen LogP contribution in [0.5, 0.6) is 5.88 Å². The second-order valence-corrected chi connectivity index (χ2v) is 3.72. The van der Waals surface area contributed by atoms with E-state index in [1.54, 1.807) is 0 Å². The first kappa shape index (κ1) is 13.8. The van der Waals surface area contributed by atoms with E-state index in [1.807, 2.05) is 0 Å². The van der Waals surface area contributed by atoms with Crippen LogP contribution in [0.3, 0.4) is 0 Å². The van der Waals surface area contributed by atoms with Gasteiger partial charge in [-0.2, -0.15) is 13.9 Å². The Morgan fingerprint density at radius 3 is 2.80 bits per heavy atom. The Bertz CT molecular complexity index is 630. The zero-order valence-corrected chi connectivity index (χ0v) is 10.2. The van der Waals surface area contributed by atoms with Crippen LogP contribution in [0.25, 0.3) is 0 Å². The first-order valence-electron chi connectivity index (χ1n) is 5.36. The summed E-state index contributed by atoms with van der Waals surface area (Å²) >= 11 is 0. The average Bonchev–Trinajstić information content (AvgIpc) is 2.68. The molecule has 0 saturated heterocycles. The Morgan fingerprint density at radius 2 is 2.15 bits per heavy atom. The molecule has 0 aliphatic heterocycles. The zero-order valence-electron chi connectivity index (χ0n) is 10.2. The Labute approximate surface area is 111 Å². The van der Waals surface area contributed by atoms with E-state index in [2.05, 4.69) is 20.1 Å². The molecule has 1 amide bonds. The quantitative estimate of drug-likeness (QED) is 0.930. The molecule has 0 bridgehead atoms. The van der Waals surface area contributed by atoms with Crippen molar-refractivity contribution in [2.45, 2.75) is 6.61 Å². The summed E-state index contributed by atoms with van der Waals surface area (Å²) in [7, 11) is 1.37. The molecule has 6 nitrogen and oxygen atoms in total. The van der Waals surface area contributed by atoms with Crippen LogP contribution in [0.2, 0.25) is 0 Å². The molecule has 2 rings (SSSR count). The number of alkyl halides is 2. The molecular weight excluding hydrogens is 277 g/mol. The van der Waals surface area contributed by atoms with Crippen LogP contribution in [0.1, 0.15) is 10.4 Å². The molecule has 0 spiro atoms. The van der Waals surface area contributed by atoms with E-state index < -0.39 is 18.3 Å². The molecule has 2 aromatic heterocycles. The van der Waals surface area contributed by atoms with Gasteiger partial charge in [0.2, 0.25) is 5.88 Å². The maximum Gasteiger partial charge on any atom is 0.388 e. The number of nitrogens with one attached hydrogen (secondary N) is 1.